The van der Waals surface area contributed by atoms with Gasteiger partial charge in [0.15, 0.2) is 0 Å². The molecule has 156 valence electrons. The zero-order chi connectivity index (χ0) is 21.3. The number of fused-ring (bicyclic) bond motifs is 1. The van der Waals surface area contributed by atoms with Crippen LogP contribution in [0.2, 0.25) is 5.02 Å². The maximum absolute atomic E-state index is 13.2. The van der Waals surface area contributed by atoms with Crippen LogP contribution >= 0.6 is 11.6 Å². The van der Waals surface area contributed by atoms with Crippen LogP contribution in [0, 0.1) is 0 Å². The third-order valence-electron chi connectivity index (χ3n) is 5.17. The Morgan fingerprint density at radius 2 is 1.80 bits per heavy atom. The Morgan fingerprint density at radius 3 is 2.53 bits per heavy atom. The van der Waals surface area contributed by atoms with Crippen molar-refractivity contribution in [1.82, 2.24) is 9.29 Å². The van der Waals surface area contributed by atoms with Gasteiger partial charge in [-0.2, -0.15) is 4.31 Å². The molecular formula is C21H20ClN3O4S. The number of hydrogen-bond donors (Lipinski definition) is 0. The summed E-state index contributed by atoms with van der Waals surface area (Å²) in [4.78, 5) is 18.5. The molecule has 1 saturated heterocycles. The fourth-order valence-electron chi connectivity index (χ4n) is 3.66. The summed E-state index contributed by atoms with van der Waals surface area (Å²) in [6.07, 6.45) is 1.73. The van der Waals surface area contributed by atoms with Crippen molar-refractivity contribution < 1.29 is 17.9 Å². The number of sulfonamides is 1. The molecule has 2 aromatic carbocycles. The molecule has 2 heterocycles. The van der Waals surface area contributed by atoms with E-state index in [1.54, 1.807) is 18.3 Å². The van der Waals surface area contributed by atoms with Crippen LogP contribution in [-0.2, 0) is 14.8 Å². The number of halogens is 1. The number of methoxy groups -OCH3 is 1. The number of carbonyl (C=O) groups excluding carboxylic acids is 1. The largest absolute Gasteiger partial charge is 0.465 e. The summed E-state index contributed by atoms with van der Waals surface area (Å²) in [6.45, 7) is 1.63. The summed E-state index contributed by atoms with van der Waals surface area (Å²) >= 11 is 6.07. The number of nitrogens with zero attached hydrogens (tertiary/aromatic N) is 3. The predicted octanol–water partition coefficient (Wildman–Crippen LogP) is 3.19. The van der Waals surface area contributed by atoms with E-state index >= 15 is 0 Å². The standard InChI is InChI=1S/C21H20ClN3O4S/c1-29-21(26)17-4-2-3-5-20(17)30(27,28)25-12-10-24(11-13-25)19-8-9-23-18-14-15(22)6-7-16(18)19/h2-9,14H,10-13H2,1H3. The van der Waals surface area contributed by atoms with Gasteiger partial charge in [-0.1, -0.05) is 23.7 Å². The Hall–Kier alpha value is -2.68. The second kappa shape index (κ2) is 8.22. The van der Waals surface area contributed by atoms with E-state index in [1.165, 1.54) is 23.5 Å². The van der Waals surface area contributed by atoms with Crippen LogP contribution in [0.1, 0.15) is 10.4 Å². The maximum Gasteiger partial charge on any atom is 0.339 e. The van der Waals surface area contributed by atoms with E-state index in [2.05, 4.69) is 9.88 Å². The van der Waals surface area contributed by atoms with Gasteiger partial charge >= 0.3 is 5.97 Å². The highest BCUT2D eigenvalue weighted by molar-refractivity contribution is 7.89. The van der Waals surface area contributed by atoms with E-state index in [0.717, 1.165) is 16.6 Å². The van der Waals surface area contributed by atoms with Gasteiger partial charge in [0.2, 0.25) is 10.0 Å². The minimum absolute atomic E-state index is 0.0331. The van der Waals surface area contributed by atoms with Crippen molar-refractivity contribution in [2.75, 3.05) is 38.2 Å². The van der Waals surface area contributed by atoms with Crippen molar-refractivity contribution in [3.05, 3.63) is 65.3 Å². The fraction of sp³-hybridized carbons (Fsp3) is 0.238. The second-order valence-corrected chi connectivity index (χ2v) is 9.21. The van der Waals surface area contributed by atoms with Gasteiger partial charge in [0.25, 0.3) is 0 Å². The monoisotopic (exact) mass is 445 g/mol. The highest BCUT2D eigenvalue weighted by Gasteiger charge is 2.32. The Balaban J connectivity index is 1.58. The number of benzene rings is 2. The molecule has 0 saturated carbocycles. The van der Waals surface area contributed by atoms with Crippen molar-refractivity contribution >= 4 is 44.2 Å². The number of carbonyl (C=O) groups is 1. The summed E-state index contributed by atoms with van der Waals surface area (Å²) in [5.41, 5.74) is 1.82. The molecule has 1 aliphatic rings. The smallest absolute Gasteiger partial charge is 0.339 e. The van der Waals surface area contributed by atoms with Crippen molar-refractivity contribution in [2.45, 2.75) is 4.90 Å². The van der Waals surface area contributed by atoms with E-state index in [4.69, 9.17) is 16.3 Å². The summed E-state index contributed by atoms with van der Waals surface area (Å²) < 4.78 is 32.5. The third-order valence-corrected chi connectivity index (χ3v) is 7.36. The third kappa shape index (κ3) is 3.74. The molecule has 1 fully saturated rings. The zero-order valence-corrected chi connectivity index (χ0v) is 17.9. The van der Waals surface area contributed by atoms with Gasteiger partial charge in [-0.3, -0.25) is 4.98 Å². The minimum Gasteiger partial charge on any atom is -0.465 e. The molecule has 9 heteroatoms. The highest BCUT2D eigenvalue weighted by Crippen LogP contribution is 2.29. The quantitative estimate of drug-likeness (QED) is 0.574. The normalized spacial score (nSPS) is 15.3. The molecule has 0 N–H and O–H groups in total. The first kappa shape index (κ1) is 20.6. The molecule has 1 aromatic heterocycles. The number of piperazine rings is 1. The van der Waals surface area contributed by atoms with Crippen LogP contribution in [0.25, 0.3) is 10.9 Å². The molecule has 0 radical (unpaired) electrons. The lowest BCUT2D eigenvalue weighted by Gasteiger charge is -2.36. The van der Waals surface area contributed by atoms with Crippen molar-refractivity contribution in [3.63, 3.8) is 0 Å². The summed E-state index contributed by atoms with van der Waals surface area (Å²) in [7, 11) is -2.59. The first-order valence-electron chi connectivity index (χ1n) is 9.38. The molecule has 30 heavy (non-hydrogen) atoms. The minimum atomic E-state index is -3.83. The Bertz CT molecular complexity index is 1210. The lowest BCUT2D eigenvalue weighted by atomic mass is 10.1. The second-order valence-electron chi connectivity index (χ2n) is 6.87. The number of rotatable bonds is 4. The summed E-state index contributed by atoms with van der Waals surface area (Å²) in [5.74, 6) is -0.672. The van der Waals surface area contributed by atoms with Crippen LogP contribution in [0.5, 0.6) is 0 Å². The number of pyridine rings is 1. The molecule has 4 rings (SSSR count). The summed E-state index contributed by atoms with van der Waals surface area (Å²) in [5, 5.41) is 1.58. The van der Waals surface area contributed by atoms with Crippen molar-refractivity contribution in [1.29, 1.82) is 0 Å². The molecule has 0 amide bonds. The molecule has 0 bridgehead atoms. The van der Waals surface area contributed by atoms with E-state index in [9.17, 15) is 13.2 Å². The number of hydrogen-bond acceptors (Lipinski definition) is 6. The molecule has 0 unspecified atom stereocenters. The SMILES string of the molecule is COC(=O)c1ccccc1S(=O)(=O)N1CCN(c2ccnc3cc(Cl)ccc23)CC1. The first-order valence-corrected chi connectivity index (χ1v) is 11.2. The number of ether oxygens (including phenoxy) is 1. The first-order chi connectivity index (χ1) is 14.4. The molecule has 0 atom stereocenters. The average Bonchev–Trinajstić information content (AvgIpc) is 2.78. The zero-order valence-electron chi connectivity index (χ0n) is 16.3. The van der Waals surface area contributed by atoms with Gasteiger partial charge in [0.1, 0.15) is 0 Å². The lowest BCUT2D eigenvalue weighted by Crippen LogP contribution is -2.49. The van der Waals surface area contributed by atoms with E-state index < -0.39 is 16.0 Å². The number of anilines is 1. The predicted molar refractivity (Wildman–Crippen MR) is 116 cm³/mol. The van der Waals surface area contributed by atoms with E-state index in [1.807, 2.05) is 24.3 Å². The van der Waals surface area contributed by atoms with Gasteiger partial charge in [-0.15, -0.1) is 0 Å². The van der Waals surface area contributed by atoms with Crippen LogP contribution in [0.4, 0.5) is 5.69 Å². The molecule has 0 aliphatic carbocycles. The van der Waals surface area contributed by atoms with Crippen LogP contribution in [0.3, 0.4) is 0 Å². The van der Waals surface area contributed by atoms with Crippen molar-refractivity contribution in [3.8, 4) is 0 Å². The molecule has 3 aromatic rings. The van der Waals surface area contributed by atoms with Gasteiger partial charge in [-0.25, -0.2) is 13.2 Å². The van der Waals surface area contributed by atoms with Crippen LogP contribution in [0.15, 0.2) is 59.6 Å². The van der Waals surface area contributed by atoms with Gasteiger partial charge in [0, 0.05) is 48.5 Å². The molecule has 7 nitrogen and oxygen atoms in total. The lowest BCUT2D eigenvalue weighted by molar-refractivity contribution is 0.0596. The molecular weight excluding hydrogens is 426 g/mol. The number of esters is 1. The van der Waals surface area contributed by atoms with Gasteiger partial charge < -0.3 is 9.64 Å². The Morgan fingerprint density at radius 1 is 1.07 bits per heavy atom. The van der Waals surface area contributed by atoms with Crippen molar-refractivity contribution in [2.24, 2.45) is 0 Å². The topological polar surface area (TPSA) is 79.8 Å². The van der Waals surface area contributed by atoms with Gasteiger partial charge in [-0.05, 0) is 36.4 Å². The van der Waals surface area contributed by atoms with E-state index in [-0.39, 0.29) is 10.5 Å². The summed E-state index contributed by atoms with van der Waals surface area (Å²) in [6, 6.07) is 13.6. The maximum atomic E-state index is 13.2. The number of aromatic nitrogens is 1. The van der Waals surface area contributed by atoms with E-state index in [0.29, 0.717) is 31.2 Å². The fourth-order valence-corrected chi connectivity index (χ4v) is 5.43. The van der Waals surface area contributed by atoms with Crippen LogP contribution < -0.4 is 4.90 Å². The Kier molecular flexibility index (Phi) is 5.64. The Labute approximate surface area is 179 Å². The molecule has 1 aliphatic heterocycles. The van der Waals surface area contributed by atoms with Crippen LogP contribution in [-0.4, -0.2) is 57.0 Å². The highest BCUT2D eigenvalue weighted by atomic mass is 35.5. The van der Waals surface area contributed by atoms with Gasteiger partial charge in [0.05, 0.1) is 23.1 Å². The average molecular weight is 446 g/mol. The molecule has 0 spiro atoms.